The lowest BCUT2D eigenvalue weighted by Crippen LogP contribution is -2.52. The lowest BCUT2D eigenvalue weighted by Gasteiger charge is -2.59. The fraction of sp³-hybridized carbons (Fsp3) is 0.926. The minimum atomic E-state index is -4.57. The van der Waals surface area contributed by atoms with Crippen molar-refractivity contribution in [3.05, 3.63) is 11.6 Å². The Hall–Kier alpha value is -0.550. The highest BCUT2D eigenvalue weighted by molar-refractivity contribution is 5.26. The number of alkyl halides is 3. The highest BCUT2D eigenvalue weighted by atomic mass is 19.4. The van der Waals surface area contributed by atoms with E-state index in [1.165, 1.54) is 18.4 Å². The fourth-order valence-corrected chi connectivity index (χ4v) is 8.63. The second kappa shape index (κ2) is 7.73. The molecule has 0 spiro atoms. The first-order valence-electron chi connectivity index (χ1n) is 12.8. The Balaban J connectivity index is 1.49. The van der Waals surface area contributed by atoms with Crippen molar-refractivity contribution >= 4 is 0 Å². The third-order valence-electron chi connectivity index (χ3n) is 10.8. The van der Waals surface area contributed by atoms with Gasteiger partial charge in [0.15, 0.2) is 5.60 Å². The van der Waals surface area contributed by atoms with Crippen LogP contribution in [0.1, 0.15) is 98.8 Å². The first-order chi connectivity index (χ1) is 14.6. The van der Waals surface area contributed by atoms with Crippen LogP contribution in [-0.4, -0.2) is 27.6 Å². The summed E-state index contributed by atoms with van der Waals surface area (Å²) in [4.78, 5) is 0. The van der Waals surface area contributed by atoms with Crippen LogP contribution in [0.4, 0.5) is 13.2 Å². The standard InChI is InChI=1S/C27H43F3O2/c1-17(10-13-26(5,32)27(28,29)30)20-8-9-21-19-7-6-18-16-23(2,31)14-15-24(18,3)22(19)11-12-25(20,21)4/h6,17,19-22,31-32H,7-16H2,1-5H3/t17-,19?,20-,21+,22?,23+,24+,25-,26?/m1/s1. The van der Waals surface area contributed by atoms with Crippen LogP contribution in [0.3, 0.4) is 0 Å². The summed E-state index contributed by atoms with van der Waals surface area (Å²) < 4.78 is 39.4. The minimum Gasteiger partial charge on any atom is -0.390 e. The van der Waals surface area contributed by atoms with Crippen molar-refractivity contribution in [3.63, 3.8) is 0 Å². The molecule has 5 heteroatoms. The monoisotopic (exact) mass is 456 g/mol. The topological polar surface area (TPSA) is 40.5 Å². The molecule has 184 valence electrons. The molecule has 0 radical (unpaired) electrons. The summed E-state index contributed by atoms with van der Waals surface area (Å²) in [6.45, 7) is 9.84. The van der Waals surface area contributed by atoms with Gasteiger partial charge in [-0.3, -0.25) is 0 Å². The molecular weight excluding hydrogens is 413 g/mol. The maximum absolute atomic E-state index is 13.1. The molecule has 4 aliphatic carbocycles. The molecule has 3 unspecified atom stereocenters. The zero-order valence-corrected chi connectivity index (χ0v) is 20.6. The predicted octanol–water partition coefficient (Wildman–Crippen LogP) is 7.05. The number of rotatable bonds is 4. The molecule has 0 aliphatic heterocycles. The molecule has 0 aromatic rings. The maximum atomic E-state index is 13.1. The van der Waals surface area contributed by atoms with Gasteiger partial charge in [-0.1, -0.05) is 32.4 Å². The van der Waals surface area contributed by atoms with Crippen LogP contribution in [-0.2, 0) is 0 Å². The van der Waals surface area contributed by atoms with Gasteiger partial charge in [-0.05, 0) is 118 Å². The largest absolute Gasteiger partial charge is 0.416 e. The van der Waals surface area contributed by atoms with Crippen LogP contribution in [0.2, 0.25) is 0 Å². The molecule has 0 aromatic heterocycles. The summed E-state index contributed by atoms with van der Waals surface area (Å²) in [6, 6.07) is 0. The van der Waals surface area contributed by atoms with Gasteiger partial charge in [-0.15, -0.1) is 0 Å². The van der Waals surface area contributed by atoms with Crippen LogP contribution in [0.15, 0.2) is 11.6 Å². The number of aliphatic hydroxyl groups is 2. The number of fused-ring (bicyclic) bond motifs is 5. The molecule has 0 aromatic carbocycles. The summed E-state index contributed by atoms with van der Waals surface area (Å²) >= 11 is 0. The van der Waals surface area contributed by atoms with Crippen molar-refractivity contribution in [2.75, 3.05) is 0 Å². The van der Waals surface area contributed by atoms with E-state index in [0.717, 1.165) is 45.4 Å². The van der Waals surface area contributed by atoms with Gasteiger partial charge in [-0.25, -0.2) is 0 Å². The highest BCUT2D eigenvalue weighted by Gasteiger charge is 2.60. The minimum absolute atomic E-state index is 0.186. The van der Waals surface area contributed by atoms with E-state index < -0.39 is 17.4 Å². The molecule has 0 heterocycles. The van der Waals surface area contributed by atoms with Crippen molar-refractivity contribution in [1.29, 1.82) is 0 Å². The van der Waals surface area contributed by atoms with Crippen molar-refractivity contribution < 1.29 is 23.4 Å². The van der Waals surface area contributed by atoms with Gasteiger partial charge in [0.2, 0.25) is 0 Å². The number of halogens is 3. The van der Waals surface area contributed by atoms with Gasteiger partial charge in [0.25, 0.3) is 0 Å². The first kappa shape index (κ1) is 24.6. The molecule has 0 saturated heterocycles. The van der Waals surface area contributed by atoms with Gasteiger partial charge in [-0.2, -0.15) is 13.2 Å². The Bertz CT molecular complexity index is 754. The first-order valence-corrected chi connectivity index (χ1v) is 12.8. The van der Waals surface area contributed by atoms with Crippen molar-refractivity contribution in [1.82, 2.24) is 0 Å². The van der Waals surface area contributed by atoms with E-state index in [-0.39, 0.29) is 23.2 Å². The van der Waals surface area contributed by atoms with E-state index in [0.29, 0.717) is 30.1 Å². The lowest BCUT2D eigenvalue weighted by atomic mass is 9.46. The van der Waals surface area contributed by atoms with E-state index in [2.05, 4.69) is 26.8 Å². The molecule has 3 saturated carbocycles. The van der Waals surface area contributed by atoms with Gasteiger partial charge < -0.3 is 10.2 Å². The Labute approximate surface area is 192 Å². The lowest BCUT2D eigenvalue weighted by molar-refractivity contribution is -0.256. The highest BCUT2D eigenvalue weighted by Crippen LogP contribution is 2.67. The van der Waals surface area contributed by atoms with Gasteiger partial charge >= 0.3 is 6.18 Å². The predicted molar refractivity (Wildman–Crippen MR) is 121 cm³/mol. The molecule has 0 bridgehead atoms. The average Bonchev–Trinajstić information content (AvgIpc) is 3.03. The molecule has 2 N–H and O–H groups in total. The van der Waals surface area contributed by atoms with Crippen LogP contribution in [0.5, 0.6) is 0 Å². The van der Waals surface area contributed by atoms with Crippen LogP contribution < -0.4 is 0 Å². The summed E-state index contributed by atoms with van der Waals surface area (Å²) in [5.41, 5.74) is -1.32. The number of hydrogen-bond donors (Lipinski definition) is 2. The molecule has 4 rings (SSSR count). The molecule has 3 fully saturated rings. The Morgan fingerprint density at radius 3 is 2.41 bits per heavy atom. The zero-order chi connectivity index (χ0) is 23.7. The van der Waals surface area contributed by atoms with Crippen LogP contribution in [0, 0.1) is 40.4 Å². The number of hydrogen-bond acceptors (Lipinski definition) is 2. The van der Waals surface area contributed by atoms with Gasteiger partial charge in [0.05, 0.1) is 5.60 Å². The molecular formula is C27H43F3O2. The second-order valence-electron chi connectivity index (χ2n) is 12.9. The summed E-state index contributed by atoms with van der Waals surface area (Å²) in [5, 5.41) is 20.6. The molecule has 0 amide bonds. The quantitative estimate of drug-likeness (QED) is 0.445. The van der Waals surface area contributed by atoms with E-state index in [1.54, 1.807) is 0 Å². The Morgan fingerprint density at radius 2 is 1.75 bits per heavy atom. The fourth-order valence-electron chi connectivity index (χ4n) is 8.63. The van der Waals surface area contributed by atoms with E-state index >= 15 is 0 Å². The third-order valence-corrected chi connectivity index (χ3v) is 10.8. The number of allylic oxidation sites excluding steroid dienone is 1. The smallest absolute Gasteiger partial charge is 0.390 e. The van der Waals surface area contributed by atoms with E-state index in [9.17, 15) is 23.4 Å². The zero-order valence-electron chi connectivity index (χ0n) is 20.6. The second-order valence-corrected chi connectivity index (χ2v) is 12.9. The van der Waals surface area contributed by atoms with Gasteiger partial charge in [0, 0.05) is 0 Å². The molecule has 9 atom stereocenters. The van der Waals surface area contributed by atoms with Crippen molar-refractivity contribution in [3.8, 4) is 0 Å². The van der Waals surface area contributed by atoms with E-state index in [4.69, 9.17) is 0 Å². The van der Waals surface area contributed by atoms with Gasteiger partial charge in [0.1, 0.15) is 0 Å². The van der Waals surface area contributed by atoms with Crippen LogP contribution in [0.25, 0.3) is 0 Å². The average molecular weight is 457 g/mol. The van der Waals surface area contributed by atoms with E-state index in [1.807, 2.05) is 6.92 Å². The Morgan fingerprint density at radius 1 is 1.06 bits per heavy atom. The van der Waals surface area contributed by atoms with Crippen LogP contribution >= 0.6 is 0 Å². The molecule has 4 aliphatic rings. The normalized spacial score (nSPS) is 47.0. The van der Waals surface area contributed by atoms with Crippen molar-refractivity contribution in [2.45, 2.75) is 116 Å². The summed E-state index contributed by atoms with van der Waals surface area (Å²) in [6.07, 6.45) is 6.52. The summed E-state index contributed by atoms with van der Waals surface area (Å²) in [7, 11) is 0. The molecule has 32 heavy (non-hydrogen) atoms. The maximum Gasteiger partial charge on any atom is 0.416 e. The Kier molecular flexibility index (Phi) is 5.94. The summed E-state index contributed by atoms with van der Waals surface area (Å²) in [5.74, 6) is 2.57. The van der Waals surface area contributed by atoms with Crippen molar-refractivity contribution in [2.24, 2.45) is 40.4 Å². The SMILES string of the molecule is C[C@H](CCC(C)(O)C(F)(F)F)[C@H]1CC[C@H]2C3CC=C4C[C@@](C)(O)CC[C@]4(C)C3CC[C@]12C. The molecule has 2 nitrogen and oxygen atoms in total. The third kappa shape index (κ3) is 3.87.